The van der Waals surface area contributed by atoms with Gasteiger partial charge in [-0.3, -0.25) is 4.79 Å². The lowest BCUT2D eigenvalue weighted by Crippen LogP contribution is -2.40. The third-order valence-electron chi connectivity index (χ3n) is 1.62. The van der Waals surface area contributed by atoms with Gasteiger partial charge in [0, 0.05) is 13.6 Å². The minimum atomic E-state index is -1.08. The zero-order valence-corrected chi connectivity index (χ0v) is 8.36. The summed E-state index contributed by atoms with van der Waals surface area (Å²) < 4.78 is 0. The molecule has 0 heterocycles. The molecule has 0 aliphatic carbocycles. The summed E-state index contributed by atoms with van der Waals surface area (Å²) in [7, 11) is 1.54. The first-order chi connectivity index (χ1) is 6.43. The average Bonchev–Trinajstić information content (AvgIpc) is 2.09. The molecule has 0 aromatic carbocycles. The van der Waals surface area contributed by atoms with Crippen molar-refractivity contribution in [3.05, 3.63) is 0 Å². The molecular formula is C8H16N2O4. The van der Waals surface area contributed by atoms with Crippen LogP contribution in [0.3, 0.4) is 0 Å². The van der Waals surface area contributed by atoms with E-state index in [-0.39, 0.29) is 0 Å². The fraction of sp³-hybridized carbons (Fsp3) is 0.750. The maximum Gasteiger partial charge on any atom is 0.323 e. The van der Waals surface area contributed by atoms with Crippen LogP contribution in [-0.4, -0.2) is 53.4 Å². The number of nitrogens with zero attached hydrogens (tertiary/aromatic N) is 1. The number of hydrogen-bond acceptors (Lipinski definition) is 3. The third-order valence-corrected chi connectivity index (χ3v) is 1.62. The zero-order chi connectivity index (χ0) is 11.1. The van der Waals surface area contributed by atoms with Crippen LogP contribution in [0.2, 0.25) is 0 Å². The number of urea groups is 1. The number of carboxylic acids is 1. The minimum Gasteiger partial charge on any atom is -0.480 e. The molecule has 2 amide bonds. The van der Waals surface area contributed by atoms with E-state index in [1.54, 1.807) is 14.0 Å². The van der Waals surface area contributed by atoms with Gasteiger partial charge in [0.1, 0.15) is 6.54 Å². The SMILES string of the molecule is CC(O)CCN(C)C(=O)NCC(=O)O. The van der Waals surface area contributed by atoms with E-state index in [1.165, 1.54) is 4.90 Å². The summed E-state index contributed by atoms with van der Waals surface area (Å²) in [5, 5.41) is 19.4. The topological polar surface area (TPSA) is 89.9 Å². The summed E-state index contributed by atoms with van der Waals surface area (Å²) in [6.45, 7) is 1.63. The van der Waals surface area contributed by atoms with E-state index in [2.05, 4.69) is 5.32 Å². The molecule has 0 aromatic heterocycles. The highest BCUT2D eigenvalue weighted by molar-refractivity contribution is 5.79. The summed E-state index contributed by atoms with van der Waals surface area (Å²) in [5.41, 5.74) is 0. The van der Waals surface area contributed by atoms with Crippen molar-refractivity contribution in [2.24, 2.45) is 0 Å². The van der Waals surface area contributed by atoms with Gasteiger partial charge >= 0.3 is 12.0 Å². The first-order valence-corrected chi connectivity index (χ1v) is 4.32. The van der Waals surface area contributed by atoms with Crippen LogP contribution < -0.4 is 5.32 Å². The maximum absolute atomic E-state index is 11.1. The van der Waals surface area contributed by atoms with Crippen LogP contribution in [0.15, 0.2) is 0 Å². The van der Waals surface area contributed by atoms with E-state index >= 15 is 0 Å². The molecule has 0 aliphatic heterocycles. The molecule has 14 heavy (non-hydrogen) atoms. The molecule has 0 fully saturated rings. The Morgan fingerprint density at radius 3 is 2.50 bits per heavy atom. The van der Waals surface area contributed by atoms with Crippen molar-refractivity contribution in [3.63, 3.8) is 0 Å². The fourth-order valence-electron chi connectivity index (χ4n) is 0.768. The lowest BCUT2D eigenvalue weighted by Gasteiger charge is -2.17. The van der Waals surface area contributed by atoms with Gasteiger partial charge in [0.15, 0.2) is 0 Å². The molecule has 0 saturated carbocycles. The highest BCUT2D eigenvalue weighted by atomic mass is 16.4. The number of aliphatic hydroxyl groups is 1. The van der Waals surface area contributed by atoms with Gasteiger partial charge in [0.25, 0.3) is 0 Å². The Labute approximate surface area is 82.5 Å². The molecule has 82 valence electrons. The molecule has 0 aromatic rings. The van der Waals surface area contributed by atoms with Gasteiger partial charge in [-0.05, 0) is 13.3 Å². The van der Waals surface area contributed by atoms with Crippen LogP contribution in [0.5, 0.6) is 0 Å². The van der Waals surface area contributed by atoms with Crippen molar-refractivity contribution in [2.45, 2.75) is 19.4 Å². The summed E-state index contributed by atoms with van der Waals surface area (Å²) in [6, 6.07) is -0.451. The van der Waals surface area contributed by atoms with Crippen LogP contribution in [-0.2, 0) is 4.79 Å². The van der Waals surface area contributed by atoms with Crippen molar-refractivity contribution < 1.29 is 19.8 Å². The molecule has 0 spiro atoms. The molecule has 6 heteroatoms. The van der Waals surface area contributed by atoms with Gasteiger partial charge in [0.05, 0.1) is 6.10 Å². The predicted molar refractivity (Wildman–Crippen MR) is 50.0 cm³/mol. The Morgan fingerprint density at radius 2 is 2.07 bits per heavy atom. The monoisotopic (exact) mass is 204 g/mol. The number of carboxylic acid groups (broad SMARTS) is 1. The van der Waals surface area contributed by atoms with Crippen molar-refractivity contribution in [2.75, 3.05) is 20.1 Å². The van der Waals surface area contributed by atoms with Gasteiger partial charge in [-0.2, -0.15) is 0 Å². The third kappa shape index (κ3) is 6.24. The number of aliphatic hydroxyl groups excluding tert-OH is 1. The standard InChI is InChI=1S/C8H16N2O4/c1-6(11)3-4-10(2)8(14)9-5-7(12)13/h6,11H,3-5H2,1-2H3,(H,9,14)(H,12,13). The average molecular weight is 204 g/mol. The molecule has 1 unspecified atom stereocenters. The lowest BCUT2D eigenvalue weighted by molar-refractivity contribution is -0.135. The minimum absolute atomic E-state index is 0.391. The zero-order valence-electron chi connectivity index (χ0n) is 8.36. The highest BCUT2D eigenvalue weighted by Gasteiger charge is 2.09. The van der Waals surface area contributed by atoms with E-state index < -0.39 is 24.6 Å². The second-order valence-electron chi connectivity index (χ2n) is 3.11. The molecule has 0 bridgehead atoms. The summed E-state index contributed by atoms with van der Waals surface area (Å²) in [5.74, 6) is -1.08. The van der Waals surface area contributed by atoms with E-state index in [9.17, 15) is 9.59 Å². The Morgan fingerprint density at radius 1 is 1.50 bits per heavy atom. The number of carbonyl (C=O) groups excluding carboxylic acids is 1. The molecule has 0 saturated heterocycles. The van der Waals surface area contributed by atoms with Crippen LogP contribution >= 0.6 is 0 Å². The van der Waals surface area contributed by atoms with Crippen molar-refractivity contribution in [1.82, 2.24) is 10.2 Å². The molecule has 3 N–H and O–H groups in total. The van der Waals surface area contributed by atoms with Gasteiger partial charge in [-0.15, -0.1) is 0 Å². The number of carbonyl (C=O) groups is 2. The van der Waals surface area contributed by atoms with Gasteiger partial charge in [0.2, 0.25) is 0 Å². The Balaban J connectivity index is 3.70. The van der Waals surface area contributed by atoms with E-state index in [0.29, 0.717) is 13.0 Å². The maximum atomic E-state index is 11.1. The summed E-state index contributed by atoms with van der Waals surface area (Å²) >= 11 is 0. The number of amides is 2. The highest BCUT2D eigenvalue weighted by Crippen LogP contribution is 1.93. The Kier molecular flexibility index (Phi) is 5.62. The van der Waals surface area contributed by atoms with E-state index in [0.717, 1.165) is 0 Å². The normalized spacial score (nSPS) is 11.9. The molecule has 0 aliphatic rings. The molecular weight excluding hydrogens is 188 g/mol. The van der Waals surface area contributed by atoms with Crippen LogP contribution in [0.25, 0.3) is 0 Å². The van der Waals surface area contributed by atoms with Crippen molar-refractivity contribution >= 4 is 12.0 Å². The van der Waals surface area contributed by atoms with Gasteiger partial charge < -0.3 is 20.4 Å². The van der Waals surface area contributed by atoms with E-state index in [1.807, 2.05) is 0 Å². The largest absolute Gasteiger partial charge is 0.480 e. The van der Waals surface area contributed by atoms with Crippen LogP contribution in [0.4, 0.5) is 4.79 Å². The van der Waals surface area contributed by atoms with Crippen LogP contribution in [0, 0.1) is 0 Å². The first kappa shape index (κ1) is 12.7. The Bertz CT molecular complexity index is 206. The van der Waals surface area contributed by atoms with Crippen molar-refractivity contribution in [1.29, 1.82) is 0 Å². The first-order valence-electron chi connectivity index (χ1n) is 4.32. The van der Waals surface area contributed by atoms with Crippen LogP contribution in [0.1, 0.15) is 13.3 Å². The predicted octanol–water partition coefficient (Wildman–Crippen LogP) is -0.517. The van der Waals surface area contributed by atoms with Crippen molar-refractivity contribution in [3.8, 4) is 0 Å². The summed E-state index contributed by atoms with van der Waals surface area (Å²) in [4.78, 5) is 22.6. The lowest BCUT2D eigenvalue weighted by atomic mass is 10.3. The van der Waals surface area contributed by atoms with E-state index in [4.69, 9.17) is 10.2 Å². The molecule has 0 rings (SSSR count). The summed E-state index contributed by atoms with van der Waals surface area (Å²) in [6.07, 6.45) is 0.00139. The number of aliphatic carboxylic acids is 1. The number of hydrogen-bond donors (Lipinski definition) is 3. The molecule has 6 nitrogen and oxygen atoms in total. The second kappa shape index (κ2) is 6.20. The quantitative estimate of drug-likeness (QED) is 0.562. The number of rotatable bonds is 5. The molecule has 0 radical (unpaired) electrons. The fourth-order valence-corrected chi connectivity index (χ4v) is 0.768. The molecule has 1 atom stereocenters. The Hall–Kier alpha value is -1.30. The van der Waals surface area contributed by atoms with Gasteiger partial charge in [-0.1, -0.05) is 0 Å². The number of nitrogens with one attached hydrogen (secondary N) is 1. The second-order valence-corrected chi connectivity index (χ2v) is 3.11. The smallest absolute Gasteiger partial charge is 0.323 e. The van der Waals surface area contributed by atoms with Gasteiger partial charge in [-0.25, -0.2) is 4.79 Å².